The van der Waals surface area contributed by atoms with Crippen molar-refractivity contribution in [3.05, 3.63) is 40.3 Å². The molecule has 0 spiro atoms. The smallest absolute Gasteiger partial charge is 0.187 e. The van der Waals surface area contributed by atoms with Gasteiger partial charge in [0.2, 0.25) is 0 Å². The van der Waals surface area contributed by atoms with E-state index < -0.39 is 0 Å². The van der Waals surface area contributed by atoms with Gasteiger partial charge in [-0.05, 0) is 26.0 Å². The first kappa shape index (κ1) is 15.9. The summed E-state index contributed by atoms with van der Waals surface area (Å²) in [4.78, 5) is 10.1. The maximum atomic E-state index is 9.45. The average Bonchev–Trinajstić information content (AvgIpc) is 2.96. The molecule has 0 saturated heterocycles. The third-order valence-electron chi connectivity index (χ3n) is 2.74. The molecule has 7 heteroatoms. The number of nitrogens with one attached hydrogen (secondary N) is 1. The minimum atomic E-state index is 0. The molecule has 1 aromatic carbocycles. The van der Waals surface area contributed by atoms with Crippen molar-refractivity contribution in [1.82, 2.24) is 9.97 Å². The first-order valence-corrected chi connectivity index (χ1v) is 7.77. The molecule has 0 bridgehead atoms. The number of phenolic OH excluding ortho intramolecular Hbond substituents is 1. The average molecular weight is 383 g/mol. The van der Waals surface area contributed by atoms with Crippen molar-refractivity contribution in [2.24, 2.45) is 0 Å². The summed E-state index contributed by atoms with van der Waals surface area (Å²) < 4.78 is 0. The molecule has 3 aromatic rings. The van der Waals surface area contributed by atoms with E-state index in [2.05, 4.69) is 15.3 Å². The normalized spacial score (nSPS) is 10.2. The Balaban J connectivity index is 0.00000161. The van der Waals surface area contributed by atoms with Crippen LogP contribution < -0.4 is 22.3 Å². The SMILES string of the molecule is Cc1nc(C)c(-c2csc(Nc3cccc(O)c3)n2)s1.[Br-]. The number of anilines is 2. The molecule has 3 rings (SSSR count). The molecular weight excluding hydrogens is 370 g/mol. The quantitative estimate of drug-likeness (QED) is 0.717. The molecule has 2 heterocycles. The van der Waals surface area contributed by atoms with E-state index in [0.29, 0.717) is 0 Å². The van der Waals surface area contributed by atoms with E-state index in [9.17, 15) is 5.11 Å². The molecule has 0 fully saturated rings. The zero-order valence-electron chi connectivity index (χ0n) is 11.4. The second-order valence-electron chi connectivity index (χ2n) is 4.36. The number of rotatable bonds is 3. The number of aromatic nitrogens is 2. The first-order valence-electron chi connectivity index (χ1n) is 6.08. The van der Waals surface area contributed by atoms with Crippen molar-refractivity contribution in [1.29, 1.82) is 0 Å². The van der Waals surface area contributed by atoms with Crippen molar-refractivity contribution < 1.29 is 22.1 Å². The molecule has 21 heavy (non-hydrogen) atoms. The molecule has 0 amide bonds. The van der Waals surface area contributed by atoms with Gasteiger partial charge in [-0.15, -0.1) is 22.7 Å². The fourth-order valence-electron chi connectivity index (χ4n) is 1.91. The van der Waals surface area contributed by atoms with E-state index in [4.69, 9.17) is 0 Å². The number of aryl methyl sites for hydroxylation is 2. The summed E-state index contributed by atoms with van der Waals surface area (Å²) in [6, 6.07) is 7.00. The summed E-state index contributed by atoms with van der Waals surface area (Å²) in [6.07, 6.45) is 0. The molecule has 2 N–H and O–H groups in total. The Kier molecular flexibility index (Phi) is 4.97. The van der Waals surface area contributed by atoms with E-state index in [1.807, 2.05) is 25.3 Å². The summed E-state index contributed by atoms with van der Waals surface area (Å²) in [6.45, 7) is 4.00. The summed E-state index contributed by atoms with van der Waals surface area (Å²) in [5, 5.41) is 16.5. The Morgan fingerprint density at radius 3 is 2.67 bits per heavy atom. The van der Waals surface area contributed by atoms with Crippen LogP contribution in [0.25, 0.3) is 10.6 Å². The van der Waals surface area contributed by atoms with Crippen LogP contribution in [0.1, 0.15) is 10.7 Å². The van der Waals surface area contributed by atoms with E-state index >= 15 is 0 Å². The van der Waals surface area contributed by atoms with E-state index in [1.54, 1.807) is 29.5 Å². The second kappa shape index (κ2) is 6.55. The van der Waals surface area contributed by atoms with Gasteiger partial charge in [0.05, 0.1) is 21.3 Å². The number of benzene rings is 1. The minimum absolute atomic E-state index is 0. The largest absolute Gasteiger partial charge is 1.00 e. The highest BCUT2D eigenvalue weighted by atomic mass is 79.9. The van der Waals surface area contributed by atoms with Gasteiger partial charge in [-0.1, -0.05) is 6.07 Å². The van der Waals surface area contributed by atoms with Crippen LogP contribution in [0.2, 0.25) is 0 Å². The van der Waals surface area contributed by atoms with Gasteiger partial charge in [0.25, 0.3) is 0 Å². The molecule has 110 valence electrons. The zero-order chi connectivity index (χ0) is 14.1. The van der Waals surface area contributed by atoms with Crippen LogP contribution >= 0.6 is 22.7 Å². The maximum absolute atomic E-state index is 9.45. The van der Waals surface area contributed by atoms with E-state index in [0.717, 1.165) is 32.1 Å². The van der Waals surface area contributed by atoms with Crippen LogP contribution in [0.4, 0.5) is 10.8 Å². The topological polar surface area (TPSA) is 58.0 Å². The molecule has 0 aliphatic rings. The maximum Gasteiger partial charge on any atom is 0.187 e. The fraction of sp³-hybridized carbons (Fsp3) is 0.143. The van der Waals surface area contributed by atoms with Crippen LogP contribution in [0.5, 0.6) is 5.75 Å². The molecule has 2 aromatic heterocycles. The molecule has 4 nitrogen and oxygen atoms in total. The molecule has 0 aliphatic heterocycles. The monoisotopic (exact) mass is 382 g/mol. The molecular formula is C14H13BrN3OS2-. The van der Waals surface area contributed by atoms with Crippen LogP contribution in [0, 0.1) is 13.8 Å². The lowest BCUT2D eigenvalue weighted by atomic mass is 10.3. The highest BCUT2D eigenvalue weighted by molar-refractivity contribution is 7.16. The Morgan fingerprint density at radius 1 is 1.19 bits per heavy atom. The highest BCUT2D eigenvalue weighted by Crippen LogP contribution is 2.33. The van der Waals surface area contributed by atoms with Gasteiger partial charge >= 0.3 is 0 Å². The minimum Gasteiger partial charge on any atom is -1.00 e. The first-order chi connectivity index (χ1) is 9.61. The summed E-state index contributed by atoms with van der Waals surface area (Å²) in [5.41, 5.74) is 2.78. The Bertz CT molecular complexity index is 754. The number of halogens is 1. The predicted octanol–water partition coefficient (Wildman–Crippen LogP) is 1.34. The van der Waals surface area contributed by atoms with Crippen molar-refractivity contribution in [3.8, 4) is 16.3 Å². The van der Waals surface area contributed by atoms with E-state index in [-0.39, 0.29) is 22.7 Å². The Labute approximate surface area is 141 Å². The molecule has 0 unspecified atom stereocenters. The van der Waals surface area contributed by atoms with Gasteiger partial charge in [0.15, 0.2) is 5.13 Å². The van der Waals surface area contributed by atoms with Crippen molar-refractivity contribution in [2.45, 2.75) is 13.8 Å². The molecule has 0 atom stereocenters. The van der Waals surface area contributed by atoms with Gasteiger partial charge in [0.1, 0.15) is 5.75 Å². The van der Waals surface area contributed by atoms with Gasteiger partial charge in [-0.3, -0.25) is 0 Å². The lowest BCUT2D eigenvalue weighted by Gasteiger charge is -2.02. The van der Waals surface area contributed by atoms with Gasteiger partial charge in [-0.2, -0.15) is 0 Å². The van der Waals surface area contributed by atoms with Crippen molar-refractivity contribution in [2.75, 3.05) is 5.32 Å². The van der Waals surface area contributed by atoms with Crippen molar-refractivity contribution in [3.63, 3.8) is 0 Å². The number of aromatic hydroxyl groups is 1. The Morgan fingerprint density at radius 2 is 2.00 bits per heavy atom. The number of nitrogens with zero attached hydrogens (tertiary/aromatic N) is 2. The van der Waals surface area contributed by atoms with Crippen LogP contribution in [-0.2, 0) is 0 Å². The Hall–Kier alpha value is -1.44. The summed E-state index contributed by atoms with van der Waals surface area (Å²) in [7, 11) is 0. The summed E-state index contributed by atoms with van der Waals surface area (Å²) >= 11 is 3.19. The molecule has 0 aliphatic carbocycles. The number of phenols is 1. The lowest BCUT2D eigenvalue weighted by molar-refractivity contribution is -0.00000521. The highest BCUT2D eigenvalue weighted by Gasteiger charge is 2.11. The van der Waals surface area contributed by atoms with Crippen LogP contribution in [0.3, 0.4) is 0 Å². The lowest BCUT2D eigenvalue weighted by Crippen LogP contribution is -3.00. The number of hydrogen-bond acceptors (Lipinski definition) is 6. The molecule has 0 saturated carbocycles. The van der Waals surface area contributed by atoms with Crippen molar-refractivity contribution >= 4 is 33.5 Å². The molecule has 0 radical (unpaired) electrons. The summed E-state index contributed by atoms with van der Waals surface area (Å²) in [5.74, 6) is 0.237. The third kappa shape index (κ3) is 3.61. The van der Waals surface area contributed by atoms with Gasteiger partial charge in [-0.25, -0.2) is 9.97 Å². The van der Waals surface area contributed by atoms with Gasteiger partial charge in [0, 0.05) is 17.1 Å². The number of hydrogen-bond donors (Lipinski definition) is 2. The van der Waals surface area contributed by atoms with E-state index in [1.165, 1.54) is 11.3 Å². The van der Waals surface area contributed by atoms with Gasteiger partial charge < -0.3 is 27.4 Å². The predicted molar refractivity (Wildman–Crippen MR) is 84.1 cm³/mol. The zero-order valence-corrected chi connectivity index (χ0v) is 14.6. The van der Waals surface area contributed by atoms with Crippen LogP contribution in [0.15, 0.2) is 29.6 Å². The standard InChI is InChI=1S/C14H13N3OS2.BrH/c1-8-13(20-9(2)15-8)12-7-19-14(17-12)16-10-4-3-5-11(18)6-10;/h3-7,18H,1-2H3,(H,16,17);1H/p-1. The third-order valence-corrected chi connectivity index (χ3v) is 4.59. The number of thiazole rings is 2. The fourth-order valence-corrected chi connectivity index (χ4v) is 3.59. The van der Waals surface area contributed by atoms with Crippen LogP contribution in [-0.4, -0.2) is 15.1 Å². The second-order valence-corrected chi connectivity index (χ2v) is 6.42.